The standard InChI is InChI=1S/C13H15FN2O3S/c1-9(11-4-2-3-5-12(11)14)16-8-10-6-7-13(19-10)20(15,17)18/h2-7,9,16H,8H2,1H3,(H2,15,17,18)/t9-/m1/s1. The van der Waals surface area contributed by atoms with Crippen molar-refractivity contribution in [1.82, 2.24) is 5.32 Å². The number of sulfonamides is 1. The van der Waals surface area contributed by atoms with E-state index in [1.807, 2.05) is 6.92 Å². The molecule has 2 aromatic rings. The van der Waals surface area contributed by atoms with E-state index in [-0.39, 0.29) is 23.5 Å². The lowest BCUT2D eigenvalue weighted by atomic mass is 10.1. The fourth-order valence-corrected chi connectivity index (χ4v) is 2.28. The highest BCUT2D eigenvalue weighted by Gasteiger charge is 2.14. The largest absolute Gasteiger partial charge is 0.447 e. The number of nitrogens with two attached hydrogens (primary N) is 1. The molecule has 20 heavy (non-hydrogen) atoms. The fraction of sp³-hybridized carbons (Fsp3) is 0.231. The lowest BCUT2D eigenvalue weighted by Gasteiger charge is -2.13. The average molecular weight is 298 g/mol. The van der Waals surface area contributed by atoms with Gasteiger partial charge < -0.3 is 9.73 Å². The SMILES string of the molecule is C[C@@H](NCc1ccc(S(N)(=O)=O)o1)c1ccccc1F. The van der Waals surface area contributed by atoms with Crippen molar-refractivity contribution in [2.24, 2.45) is 5.14 Å². The monoisotopic (exact) mass is 298 g/mol. The Morgan fingerprint density at radius 1 is 1.30 bits per heavy atom. The molecule has 0 aliphatic carbocycles. The number of hydrogen-bond donors (Lipinski definition) is 2. The van der Waals surface area contributed by atoms with Crippen LogP contribution < -0.4 is 10.5 Å². The summed E-state index contributed by atoms with van der Waals surface area (Å²) >= 11 is 0. The molecule has 0 fully saturated rings. The molecule has 3 N–H and O–H groups in total. The van der Waals surface area contributed by atoms with E-state index in [2.05, 4.69) is 5.32 Å². The molecule has 108 valence electrons. The Labute approximate surface area is 116 Å². The molecule has 1 heterocycles. The molecular formula is C13H15FN2O3S. The van der Waals surface area contributed by atoms with Gasteiger partial charge in [0.2, 0.25) is 5.09 Å². The highest BCUT2D eigenvalue weighted by atomic mass is 32.2. The summed E-state index contributed by atoms with van der Waals surface area (Å²) in [6, 6.07) is 9.02. The maximum atomic E-state index is 13.6. The predicted octanol–water partition coefficient (Wildman–Crippen LogP) is 1.92. The van der Waals surface area contributed by atoms with E-state index in [9.17, 15) is 12.8 Å². The fourth-order valence-electron chi connectivity index (χ4n) is 1.80. The molecule has 0 amide bonds. The van der Waals surface area contributed by atoms with Gasteiger partial charge in [0.25, 0.3) is 10.0 Å². The molecule has 0 bridgehead atoms. The number of rotatable bonds is 5. The van der Waals surface area contributed by atoms with E-state index < -0.39 is 10.0 Å². The van der Waals surface area contributed by atoms with Crippen molar-refractivity contribution in [3.05, 3.63) is 53.5 Å². The maximum absolute atomic E-state index is 13.6. The van der Waals surface area contributed by atoms with Gasteiger partial charge in [-0.05, 0) is 25.1 Å². The van der Waals surface area contributed by atoms with Gasteiger partial charge in [-0.2, -0.15) is 0 Å². The Hall–Kier alpha value is -1.70. The van der Waals surface area contributed by atoms with Crippen LogP contribution >= 0.6 is 0 Å². The lowest BCUT2D eigenvalue weighted by Crippen LogP contribution is -2.18. The smallest absolute Gasteiger partial charge is 0.271 e. The molecule has 0 aliphatic heterocycles. The quantitative estimate of drug-likeness (QED) is 0.883. The topological polar surface area (TPSA) is 85.3 Å². The first-order valence-electron chi connectivity index (χ1n) is 5.97. The van der Waals surface area contributed by atoms with E-state index in [1.165, 1.54) is 18.2 Å². The second kappa shape index (κ2) is 5.74. The average Bonchev–Trinajstić information content (AvgIpc) is 2.85. The van der Waals surface area contributed by atoms with Crippen molar-refractivity contribution in [3.8, 4) is 0 Å². The van der Waals surface area contributed by atoms with Gasteiger partial charge >= 0.3 is 0 Å². The van der Waals surface area contributed by atoms with Gasteiger partial charge in [0.1, 0.15) is 11.6 Å². The molecule has 0 saturated heterocycles. The minimum Gasteiger partial charge on any atom is -0.447 e. The minimum atomic E-state index is -3.83. The zero-order chi connectivity index (χ0) is 14.8. The molecule has 1 atom stereocenters. The molecule has 1 aromatic carbocycles. The van der Waals surface area contributed by atoms with Gasteiger partial charge in [-0.15, -0.1) is 0 Å². The van der Waals surface area contributed by atoms with E-state index >= 15 is 0 Å². The number of furan rings is 1. The zero-order valence-electron chi connectivity index (χ0n) is 10.8. The third kappa shape index (κ3) is 3.44. The molecule has 0 spiro atoms. The van der Waals surface area contributed by atoms with Gasteiger partial charge in [0.05, 0.1) is 6.54 Å². The van der Waals surface area contributed by atoms with Crippen LogP contribution in [0.15, 0.2) is 45.9 Å². The summed E-state index contributed by atoms with van der Waals surface area (Å²) in [6.45, 7) is 2.08. The van der Waals surface area contributed by atoms with Crippen molar-refractivity contribution in [2.75, 3.05) is 0 Å². The normalized spacial score (nSPS) is 13.3. The summed E-state index contributed by atoms with van der Waals surface area (Å²) in [7, 11) is -3.83. The number of hydrogen-bond acceptors (Lipinski definition) is 4. The van der Waals surface area contributed by atoms with E-state index in [0.29, 0.717) is 11.3 Å². The second-order valence-corrected chi connectivity index (χ2v) is 5.88. The zero-order valence-corrected chi connectivity index (χ0v) is 11.7. The Morgan fingerprint density at radius 3 is 2.60 bits per heavy atom. The summed E-state index contributed by atoms with van der Waals surface area (Å²) < 4.78 is 40.8. The van der Waals surface area contributed by atoms with E-state index in [1.54, 1.807) is 18.2 Å². The Bertz CT molecular complexity index is 697. The first-order valence-corrected chi connectivity index (χ1v) is 7.52. The van der Waals surface area contributed by atoms with Crippen LogP contribution in [0, 0.1) is 5.82 Å². The van der Waals surface area contributed by atoms with E-state index in [0.717, 1.165) is 0 Å². The van der Waals surface area contributed by atoms with Crippen LogP contribution in [-0.4, -0.2) is 8.42 Å². The molecule has 2 rings (SSSR count). The Morgan fingerprint density at radius 2 is 2.00 bits per heavy atom. The lowest BCUT2D eigenvalue weighted by molar-refractivity contribution is 0.392. The number of primary sulfonamides is 1. The molecule has 0 aliphatic rings. The van der Waals surface area contributed by atoms with Crippen molar-refractivity contribution in [3.63, 3.8) is 0 Å². The Balaban J connectivity index is 2.02. The van der Waals surface area contributed by atoms with Crippen molar-refractivity contribution in [1.29, 1.82) is 0 Å². The van der Waals surface area contributed by atoms with Crippen LogP contribution in [0.3, 0.4) is 0 Å². The number of halogens is 1. The van der Waals surface area contributed by atoms with Crippen LogP contribution in [0.2, 0.25) is 0 Å². The summed E-state index contributed by atoms with van der Waals surface area (Å²) in [5, 5.41) is 7.71. The van der Waals surface area contributed by atoms with Gasteiger partial charge in [-0.1, -0.05) is 18.2 Å². The number of benzene rings is 1. The highest BCUT2D eigenvalue weighted by Crippen LogP contribution is 2.18. The summed E-state index contributed by atoms with van der Waals surface area (Å²) in [5.74, 6) is 0.120. The summed E-state index contributed by atoms with van der Waals surface area (Å²) in [4.78, 5) is 0. The molecule has 7 heteroatoms. The van der Waals surface area contributed by atoms with Crippen LogP contribution in [-0.2, 0) is 16.6 Å². The van der Waals surface area contributed by atoms with Crippen LogP contribution in [0.5, 0.6) is 0 Å². The van der Waals surface area contributed by atoms with Crippen LogP contribution in [0.1, 0.15) is 24.3 Å². The minimum absolute atomic E-state index is 0.237. The molecule has 1 aromatic heterocycles. The Kier molecular flexibility index (Phi) is 4.22. The summed E-state index contributed by atoms with van der Waals surface area (Å²) in [6.07, 6.45) is 0. The van der Waals surface area contributed by atoms with Gasteiger partial charge in [-0.25, -0.2) is 17.9 Å². The van der Waals surface area contributed by atoms with Gasteiger partial charge in [0, 0.05) is 11.6 Å². The van der Waals surface area contributed by atoms with Crippen LogP contribution in [0.4, 0.5) is 4.39 Å². The van der Waals surface area contributed by atoms with Crippen molar-refractivity contribution in [2.45, 2.75) is 24.6 Å². The van der Waals surface area contributed by atoms with E-state index in [4.69, 9.17) is 9.56 Å². The predicted molar refractivity (Wildman–Crippen MR) is 71.7 cm³/mol. The van der Waals surface area contributed by atoms with Gasteiger partial charge in [0.15, 0.2) is 0 Å². The molecular weight excluding hydrogens is 283 g/mol. The molecule has 0 unspecified atom stereocenters. The molecule has 0 saturated carbocycles. The number of nitrogens with one attached hydrogen (secondary N) is 1. The first-order chi connectivity index (χ1) is 9.38. The van der Waals surface area contributed by atoms with Crippen LogP contribution in [0.25, 0.3) is 0 Å². The summed E-state index contributed by atoms with van der Waals surface area (Å²) in [5.41, 5.74) is 0.533. The van der Waals surface area contributed by atoms with Crippen molar-refractivity contribution >= 4 is 10.0 Å². The third-order valence-electron chi connectivity index (χ3n) is 2.87. The second-order valence-electron chi connectivity index (χ2n) is 4.39. The van der Waals surface area contributed by atoms with Crippen molar-refractivity contribution < 1.29 is 17.2 Å². The third-order valence-corrected chi connectivity index (χ3v) is 3.65. The van der Waals surface area contributed by atoms with Gasteiger partial charge in [-0.3, -0.25) is 0 Å². The molecule has 5 nitrogen and oxygen atoms in total. The molecule has 0 radical (unpaired) electrons. The maximum Gasteiger partial charge on any atom is 0.271 e. The highest BCUT2D eigenvalue weighted by molar-refractivity contribution is 7.89. The first kappa shape index (κ1) is 14.7.